The van der Waals surface area contributed by atoms with E-state index in [9.17, 15) is 17.6 Å². The number of anilines is 1. The Hall–Kier alpha value is -2.60. The van der Waals surface area contributed by atoms with Gasteiger partial charge in [0.25, 0.3) is 5.91 Å². The molecule has 37 heavy (non-hydrogen) atoms. The molecule has 2 saturated heterocycles. The molecule has 8 nitrogen and oxygen atoms in total. The monoisotopic (exact) mass is 545 g/mol. The Kier molecular flexibility index (Phi) is 8.04. The predicted octanol–water partition coefficient (Wildman–Crippen LogP) is 3.55. The van der Waals surface area contributed by atoms with E-state index in [0.717, 1.165) is 68.2 Å². The second-order valence-electron chi connectivity index (χ2n) is 9.51. The Morgan fingerprint density at radius 1 is 0.946 bits per heavy atom. The van der Waals surface area contributed by atoms with Crippen LogP contribution >= 0.6 is 11.3 Å². The number of piperazine rings is 1. The number of hydrogen-bond acceptors (Lipinski definition) is 7. The standard InChI is InChI=1S/C26H32FN5O3S2/c27-22-6-5-7-23-24(22)29-26(36-23)31-18-16-30(17-19-31)15-12-28-25(33)20-8-10-21(11-9-20)37(34,35)32-13-3-1-2-4-14-32/h5-11H,1-4,12-19H2,(H,28,33). The van der Waals surface area contributed by atoms with Crippen LogP contribution in [0.15, 0.2) is 47.4 Å². The van der Waals surface area contributed by atoms with Crippen molar-refractivity contribution in [3.8, 4) is 0 Å². The van der Waals surface area contributed by atoms with Crippen molar-refractivity contribution in [3.05, 3.63) is 53.8 Å². The van der Waals surface area contributed by atoms with E-state index in [-0.39, 0.29) is 16.6 Å². The van der Waals surface area contributed by atoms with E-state index < -0.39 is 10.0 Å². The van der Waals surface area contributed by atoms with Gasteiger partial charge in [0.1, 0.15) is 11.3 Å². The fourth-order valence-electron chi connectivity index (χ4n) is 4.84. The third-order valence-electron chi connectivity index (χ3n) is 7.03. The molecular weight excluding hydrogens is 513 g/mol. The number of para-hydroxylation sites is 1. The van der Waals surface area contributed by atoms with Crippen LogP contribution in [0.1, 0.15) is 36.0 Å². The summed E-state index contributed by atoms with van der Waals surface area (Å²) in [6.07, 6.45) is 3.89. The Labute approximate surface area is 221 Å². The molecule has 0 spiro atoms. The number of nitrogens with one attached hydrogen (secondary N) is 1. The topological polar surface area (TPSA) is 85.9 Å². The highest BCUT2D eigenvalue weighted by atomic mass is 32.2. The van der Waals surface area contributed by atoms with E-state index in [2.05, 4.69) is 20.1 Å². The van der Waals surface area contributed by atoms with Crippen LogP contribution in [0.2, 0.25) is 0 Å². The van der Waals surface area contributed by atoms with Gasteiger partial charge in [0.05, 0.1) is 9.60 Å². The summed E-state index contributed by atoms with van der Waals surface area (Å²) in [5.41, 5.74) is 0.878. The first kappa shape index (κ1) is 26.0. The number of carbonyl (C=O) groups excluding carboxylic acids is 1. The lowest BCUT2D eigenvalue weighted by atomic mass is 10.2. The molecule has 3 heterocycles. The van der Waals surface area contributed by atoms with Crippen molar-refractivity contribution in [1.29, 1.82) is 0 Å². The molecule has 0 atom stereocenters. The fourth-order valence-corrected chi connectivity index (χ4v) is 7.39. The van der Waals surface area contributed by atoms with Crippen LogP contribution in [0.4, 0.5) is 9.52 Å². The second kappa shape index (κ2) is 11.4. The summed E-state index contributed by atoms with van der Waals surface area (Å²) in [6, 6.07) is 11.3. The molecule has 2 fully saturated rings. The van der Waals surface area contributed by atoms with E-state index in [1.165, 1.54) is 29.5 Å². The SMILES string of the molecule is O=C(NCCN1CCN(c2nc3c(F)cccc3s2)CC1)c1ccc(S(=O)(=O)N2CCCCCC2)cc1. The summed E-state index contributed by atoms with van der Waals surface area (Å²) in [7, 11) is -3.53. The first-order valence-corrected chi connectivity index (χ1v) is 15.1. The van der Waals surface area contributed by atoms with Gasteiger partial charge in [-0.15, -0.1) is 0 Å². The molecular formula is C26H32FN5O3S2. The molecule has 5 rings (SSSR count). The molecule has 11 heteroatoms. The maximum absolute atomic E-state index is 14.0. The highest BCUT2D eigenvalue weighted by Crippen LogP contribution is 2.30. The number of benzene rings is 2. The number of amides is 1. The normalized spacial score (nSPS) is 18.1. The van der Waals surface area contributed by atoms with E-state index in [1.807, 2.05) is 6.07 Å². The molecule has 0 saturated carbocycles. The molecule has 0 bridgehead atoms. The van der Waals surface area contributed by atoms with Crippen molar-refractivity contribution < 1.29 is 17.6 Å². The lowest BCUT2D eigenvalue weighted by Gasteiger charge is -2.34. The van der Waals surface area contributed by atoms with E-state index in [0.29, 0.717) is 30.7 Å². The first-order valence-electron chi connectivity index (χ1n) is 12.8. The van der Waals surface area contributed by atoms with Crippen LogP contribution in [-0.4, -0.2) is 80.9 Å². The largest absolute Gasteiger partial charge is 0.351 e. The number of thiazole rings is 1. The number of hydrogen-bond donors (Lipinski definition) is 1. The lowest BCUT2D eigenvalue weighted by Crippen LogP contribution is -2.48. The van der Waals surface area contributed by atoms with Gasteiger partial charge < -0.3 is 10.2 Å². The fraction of sp³-hybridized carbons (Fsp3) is 0.462. The van der Waals surface area contributed by atoms with E-state index >= 15 is 0 Å². The van der Waals surface area contributed by atoms with Gasteiger partial charge in [-0.05, 0) is 49.2 Å². The number of rotatable bonds is 7. The van der Waals surface area contributed by atoms with Crippen molar-refractivity contribution in [2.24, 2.45) is 0 Å². The van der Waals surface area contributed by atoms with Crippen LogP contribution in [0.3, 0.4) is 0 Å². The maximum atomic E-state index is 14.0. The minimum atomic E-state index is -3.53. The zero-order chi connectivity index (χ0) is 25.8. The van der Waals surface area contributed by atoms with E-state index in [1.54, 1.807) is 22.5 Å². The summed E-state index contributed by atoms with van der Waals surface area (Å²) < 4.78 is 42.3. The molecule has 3 aromatic rings. The Morgan fingerprint density at radius 3 is 2.32 bits per heavy atom. The first-order chi connectivity index (χ1) is 17.9. The number of fused-ring (bicyclic) bond motifs is 1. The van der Waals surface area contributed by atoms with E-state index in [4.69, 9.17) is 0 Å². The van der Waals surface area contributed by atoms with Gasteiger partial charge in [0, 0.05) is 57.9 Å². The number of sulfonamides is 1. The summed E-state index contributed by atoms with van der Waals surface area (Å²) in [4.78, 5) is 21.8. The van der Waals surface area contributed by atoms with Crippen molar-refractivity contribution in [2.45, 2.75) is 30.6 Å². The molecule has 0 aliphatic carbocycles. The molecule has 2 aliphatic heterocycles. The Morgan fingerprint density at radius 2 is 1.65 bits per heavy atom. The summed E-state index contributed by atoms with van der Waals surface area (Å²) in [6.45, 7) is 5.57. The highest BCUT2D eigenvalue weighted by molar-refractivity contribution is 7.89. The lowest BCUT2D eigenvalue weighted by molar-refractivity contribution is 0.0947. The Balaban J connectivity index is 1.08. The minimum Gasteiger partial charge on any atom is -0.351 e. The van der Waals surface area contributed by atoms with Gasteiger partial charge in [-0.3, -0.25) is 9.69 Å². The number of aromatic nitrogens is 1. The summed E-state index contributed by atoms with van der Waals surface area (Å²) in [5.74, 6) is -0.503. The van der Waals surface area contributed by atoms with Crippen LogP contribution < -0.4 is 10.2 Å². The van der Waals surface area contributed by atoms with Gasteiger partial charge in [-0.25, -0.2) is 17.8 Å². The molecule has 1 N–H and O–H groups in total. The average Bonchev–Trinajstić information content (AvgIpc) is 3.16. The second-order valence-corrected chi connectivity index (χ2v) is 12.5. The molecule has 0 radical (unpaired) electrons. The van der Waals surface area contributed by atoms with Gasteiger partial charge in [0.2, 0.25) is 10.0 Å². The smallest absolute Gasteiger partial charge is 0.251 e. The number of halogens is 1. The Bertz CT molecular complexity index is 1330. The number of nitrogens with zero attached hydrogens (tertiary/aromatic N) is 4. The summed E-state index contributed by atoms with van der Waals surface area (Å²) >= 11 is 1.51. The average molecular weight is 546 g/mol. The van der Waals surface area contributed by atoms with Crippen LogP contribution in [-0.2, 0) is 10.0 Å². The third-order valence-corrected chi connectivity index (χ3v) is 10.0. The van der Waals surface area contributed by atoms with Gasteiger partial charge >= 0.3 is 0 Å². The molecule has 1 aromatic heterocycles. The molecule has 1 amide bonds. The van der Waals surface area contributed by atoms with Crippen LogP contribution in [0.25, 0.3) is 10.2 Å². The highest BCUT2D eigenvalue weighted by Gasteiger charge is 2.25. The van der Waals surface area contributed by atoms with Gasteiger partial charge in [-0.1, -0.05) is 30.2 Å². The van der Waals surface area contributed by atoms with Crippen molar-refractivity contribution in [2.75, 3.05) is 57.3 Å². The zero-order valence-electron chi connectivity index (χ0n) is 20.7. The maximum Gasteiger partial charge on any atom is 0.251 e. The predicted molar refractivity (Wildman–Crippen MR) is 144 cm³/mol. The minimum absolute atomic E-state index is 0.214. The van der Waals surface area contributed by atoms with Gasteiger partial charge in [-0.2, -0.15) is 4.31 Å². The molecule has 198 valence electrons. The van der Waals surface area contributed by atoms with Crippen molar-refractivity contribution in [1.82, 2.24) is 19.5 Å². The van der Waals surface area contributed by atoms with Crippen LogP contribution in [0.5, 0.6) is 0 Å². The zero-order valence-corrected chi connectivity index (χ0v) is 22.4. The quantitative estimate of drug-likeness (QED) is 0.489. The third kappa shape index (κ3) is 5.95. The van der Waals surface area contributed by atoms with Crippen molar-refractivity contribution >= 4 is 42.6 Å². The summed E-state index contributed by atoms with van der Waals surface area (Å²) in [5, 5.41) is 3.78. The molecule has 0 unspecified atom stereocenters. The molecule has 2 aliphatic rings. The van der Waals surface area contributed by atoms with Gasteiger partial charge in [0.15, 0.2) is 5.13 Å². The molecule has 2 aromatic carbocycles. The van der Waals surface area contributed by atoms with Crippen molar-refractivity contribution in [3.63, 3.8) is 0 Å². The number of carbonyl (C=O) groups is 1. The van der Waals surface area contributed by atoms with Crippen LogP contribution in [0, 0.1) is 5.82 Å².